The second-order valence-electron chi connectivity index (χ2n) is 36.3. The molecule has 686 valence electrons. The van der Waals surface area contributed by atoms with Crippen LogP contribution in [-0.4, -0.2) is 357 Å². The van der Waals surface area contributed by atoms with E-state index in [-0.39, 0.29) is 59.7 Å². The van der Waals surface area contributed by atoms with Crippen LogP contribution in [0.1, 0.15) is 71.8 Å². The Morgan fingerprint density at radius 2 is 0.619 bits per heavy atom. The van der Waals surface area contributed by atoms with Crippen LogP contribution in [-0.2, 0) is 102 Å². The number of rotatable bonds is 15. The van der Waals surface area contributed by atoms with E-state index in [1.54, 1.807) is 111 Å². The van der Waals surface area contributed by atoms with Gasteiger partial charge in [0.05, 0.1) is 149 Å². The smallest absolute Gasteiger partial charge is 0.410 e. The van der Waals surface area contributed by atoms with Crippen LogP contribution in [0.2, 0.25) is 0 Å². The molecule has 126 heavy (non-hydrogen) atoms. The summed E-state index contributed by atoms with van der Waals surface area (Å²) in [7, 11) is 3.45. The minimum Gasteiger partial charge on any atom is -0.550 e. The number of nitrogens with one attached hydrogen (secondary N) is 1. The largest absolute Gasteiger partial charge is 0.550 e. The summed E-state index contributed by atoms with van der Waals surface area (Å²) < 4.78 is 43.5. The lowest BCUT2D eigenvalue weighted by molar-refractivity contribution is -0.883. The van der Waals surface area contributed by atoms with Gasteiger partial charge >= 0.3 is 18.0 Å². The maximum atomic E-state index is 12.9. The average Bonchev–Trinajstić information content (AvgIpc) is 1.64. The number of carbonyl (C=O) groups excluding carboxylic acids is 12. The van der Waals surface area contributed by atoms with Crippen LogP contribution < -0.4 is 25.3 Å². The number of carboxylic acids is 5. The van der Waals surface area contributed by atoms with Gasteiger partial charge in [-0.25, -0.2) is 4.79 Å². The third-order valence-corrected chi connectivity index (χ3v) is 27.5. The maximum Gasteiger partial charge on any atom is 0.410 e. The number of likely N-dealkylation sites (N-methyl/N-ethyl adjacent to an activating group) is 2. The molecule has 0 spiro atoms. The fourth-order valence-electron chi connectivity index (χ4n) is 20.7. The van der Waals surface area contributed by atoms with Crippen LogP contribution in [0.3, 0.4) is 0 Å². The highest BCUT2D eigenvalue weighted by Crippen LogP contribution is 2.46. The molecule has 36 heteroatoms. The van der Waals surface area contributed by atoms with Crippen LogP contribution in [0, 0.1) is 71.0 Å². The van der Waals surface area contributed by atoms with Gasteiger partial charge in [-0.15, -0.1) is 0 Å². The molecule has 12 saturated heterocycles. The van der Waals surface area contributed by atoms with Gasteiger partial charge in [0.2, 0.25) is 35.4 Å². The Hall–Kier alpha value is -9.79. The summed E-state index contributed by atoms with van der Waals surface area (Å²) in [4.78, 5) is 175. The fourth-order valence-corrected chi connectivity index (χ4v) is 20.7. The quantitative estimate of drug-likeness (QED) is 0.124. The average molecular weight is 1750 g/mol. The number of amides is 7. The molecule has 18 heterocycles. The number of nitrogens with zero attached hydrogens (tertiary/aromatic N) is 9. The molecule has 18 aliphatic rings. The van der Waals surface area contributed by atoms with Crippen molar-refractivity contribution in [3.63, 3.8) is 0 Å². The number of carbonyl (C=O) groups is 13. The molecule has 1 aromatic rings. The summed E-state index contributed by atoms with van der Waals surface area (Å²) in [6.07, 6.45) is 22.2. The molecular weight excluding hydrogens is 1640 g/mol. The summed E-state index contributed by atoms with van der Waals surface area (Å²) in [5.41, 5.74) is 0.692. The van der Waals surface area contributed by atoms with E-state index < -0.39 is 167 Å². The van der Waals surface area contributed by atoms with Gasteiger partial charge in [-0.05, 0) is 71.4 Å². The van der Waals surface area contributed by atoms with Crippen molar-refractivity contribution in [2.45, 2.75) is 152 Å². The number of piperidine rings is 2. The lowest BCUT2D eigenvalue weighted by Crippen LogP contribution is -3.12. The van der Waals surface area contributed by atoms with Gasteiger partial charge < -0.3 is 127 Å². The van der Waals surface area contributed by atoms with E-state index in [4.69, 9.17) is 37.9 Å². The summed E-state index contributed by atoms with van der Waals surface area (Å²) in [6, 6.07) is 10.2. The number of benzene rings is 1. The summed E-state index contributed by atoms with van der Waals surface area (Å²) in [5.74, 6) is -14.9. The molecule has 0 aliphatic carbocycles. The first-order valence-electron chi connectivity index (χ1n) is 44.6. The van der Waals surface area contributed by atoms with Crippen molar-refractivity contribution in [1.82, 2.24) is 44.1 Å². The number of hydrogen-bond acceptors (Lipinski definition) is 27. The Labute approximate surface area is 731 Å². The highest BCUT2D eigenvalue weighted by atomic mass is 16.6. The zero-order valence-corrected chi connectivity index (χ0v) is 72.1. The topological polar surface area (TPSA) is 442 Å². The van der Waals surface area contributed by atoms with Crippen LogP contribution in [0.4, 0.5) is 4.79 Å². The first kappa shape index (κ1) is 92.4. The second-order valence-corrected chi connectivity index (χ2v) is 36.3. The number of esters is 1. The summed E-state index contributed by atoms with van der Waals surface area (Å²) in [6.45, 7) is 22.8. The van der Waals surface area contributed by atoms with Crippen molar-refractivity contribution >= 4 is 77.4 Å². The molecule has 18 aliphatic heterocycles. The number of fused-ring (bicyclic) bond motifs is 12. The third-order valence-electron chi connectivity index (χ3n) is 27.5. The lowest BCUT2D eigenvalue weighted by Gasteiger charge is -2.37. The summed E-state index contributed by atoms with van der Waals surface area (Å²) >= 11 is 0. The molecule has 0 aromatic heterocycles. The van der Waals surface area contributed by atoms with Crippen molar-refractivity contribution in [1.29, 1.82) is 0 Å². The molecule has 19 rings (SSSR count). The van der Waals surface area contributed by atoms with Crippen molar-refractivity contribution < 1.29 is 131 Å². The van der Waals surface area contributed by atoms with Crippen molar-refractivity contribution in [2.75, 3.05) is 152 Å². The molecule has 12 unspecified atom stereocenters. The number of hydrogen-bond donors (Lipinski definition) is 2. The third kappa shape index (κ3) is 20.2. The van der Waals surface area contributed by atoms with Gasteiger partial charge in [0.15, 0.2) is 0 Å². The Kier molecular flexibility index (Phi) is 29.5. The summed E-state index contributed by atoms with van der Waals surface area (Å²) in [5, 5.41) is 54.6. The molecule has 12 fully saturated rings. The van der Waals surface area contributed by atoms with Gasteiger partial charge in [0.1, 0.15) is 17.4 Å². The minimum absolute atomic E-state index is 0.0481. The zero-order valence-electron chi connectivity index (χ0n) is 72.1. The Bertz CT molecular complexity index is 4360. The van der Waals surface area contributed by atoms with E-state index in [1.165, 1.54) is 24.0 Å². The van der Waals surface area contributed by atoms with Gasteiger partial charge in [-0.2, -0.15) is 0 Å². The lowest BCUT2D eigenvalue weighted by atomic mass is 9.81. The van der Waals surface area contributed by atoms with Crippen molar-refractivity contribution in [2.24, 2.45) is 71.0 Å². The highest BCUT2D eigenvalue weighted by Gasteiger charge is 2.59. The molecule has 36 nitrogen and oxygen atoms in total. The van der Waals surface area contributed by atoms with Crippen LogP contribution in [0.15, 0.2) is 103 Å². The number of likely N-dealkylation sites (tertiary alicyclic amines) is 2. The molecule has 12 bridgehead atoms. The SMILES string of the molecule is CC(C)(C)OC(=O)N1CCN(C(=O)C2C(C(=O)O)[C@H]3C=C[C@@H]2O3)CC1.CCN1CCN(C(=O)C2C(C(=O)[O-])[C@H]3C=C[C@@H]2O3)CC1.COC(=O)C1C(C(=O)N2CCCCC2)[C@@H]2C=C[C@H]1O2.C[NH+]1CCN(C(=O)C2C(C(=O)[O-])[C@H]3C=C[C@@H]2O3)CC1.O=C([O-])C1C(C(=O)N2CCCCC2)[C@@H]2C=C[C@H]1O2.O=C([O-])C1C(C(=O)N2CCN(Cc3ccccc3)CC2)[C@@H]2C=C[C@H]1O2. The van der Waals surface area contributed by atoms with Crippen LogP contribution in [0.25, 0.3) is 0 Å². The first-order valence-corrected chi connectivity index (χ1v) is 44.6. The predicted molar refractivity (Wildman–Crippen MR) is 434 cm³/mol. The van der Waals surface area contributed by atoms with Gasteiger partial charge in [0.25, 0.3) is 0 Å². The molecule has 1 aromatic carbocycles. The highest BCUT2D eigenvalue weighted by molar-refractivity contribution is 5.91. The standard InChI is InChI=1S/C19H22N2O4.C17H24N2O6.C14H20N2O4.C14H19NO4.C13H18N2O4.C13H17NO4/c22-18(16-14-6-7-15(25-14)17(16)19(23)24)21-10-8-20(9-11-21)12-13-4-2-1-3-5-13;1-17(2,3)25-16(23)19-8-6-18(7-9-19)14(20)12-10-4-5-11(24-10)13(12)15(21)22;1-2-15-5-7-16(8-6-15)13(17)11-9-3-4-10(20-9)12(11)14(18)19;1-18-14(17)12-10-6-5-9(19-10)11(12)13(16)15-7-3-2-4-8-15;1-14-4-6-15(7-5-14)12(16)10-8-2-3-9(19-8)11(10)13(17)18;15-12(14-6-2-1-3-7-14)10-8-4-5-9(18-8)11(10)13(16)17/h1-7,14-17H,8-12H2,(H,23,24);4-5,10-13H,6-9H2,1-3H3,(H,21,22);3-4,9-12H,2,5-8H2,1H3,(H,18,19);5-6,9-12H,2-4,7-8H2,1H3;2-3,8-11H,4-7H2,1H3,(H,17,18);4-5,8-11H,1-3,6-7H2,(H,16,17)/p-3/t14-,15+,16?,17?;10-,11+,12?,13?;2*9-,10+,11?,12?;2*8-,9+,10?,11?/m000000/s1. The number of methoxy groups -OCH3 is 1. The van der Waals surface area contributed by atoms with E-state index in [2.05, 4.69) is 35.9 Å². The first-order chi connectivity index (χ1) is 60.4. The molecular formula is C90H117N10O26-3. The normalized spacial score (nSPS) is 34.9. The Morgan fingerprint density at radius 3 is 0.921 bits per heavy atom. The number of piperazine rings is 4. The van der Waals surface area contributed by atoms with Gasteiger partial charge in [-0.3, -0.25) is 43.3 Å². The van der Waals surface area contributed by atoms with E-state index in [9.17, 15) is 87.9 Å². The monoisotopic (exact) mass is 1750 g/mol. The maximum absolute atomic E-state index is 12.9. The number of quaternary nitrogens is 1. The predicted octanol–water partition coefficient (Wildman–Crippen LogP) is -4.44. The van der Waals surface area contributed by atoms with Gasteiger partial charge in [-0.1, -0.05) is 110 Å². The van der Waals surface area contributed by atoms with E-state index >= 15 is 0 Å². The van der Waals surface area contributed by atoms with E-state index in [0.29, 0.717) is 65.4 Å². The molecule has 2 N–H and O–H groups in total. The van der Waals surface area contributed by atoms with Crippen LogP contribution >= 0.6 is 0 Å². The van der Waals surface area contributed by atoms with Crippen molar-refractivity contribution in [3.05, 3.63) is 109 Å². The van der Waals surface area contributed by atoms with Crippen LogP contribution in [0.5, 0.6) is 0 Å². The molecule has 0 saturated carbocycles. The molecule has 7 amide bonds. The zero-order chi connectivity index (χ0) is 89.7. The van der Waals surface area contributed by atoms with Gasteiger partial charge in [0, 0.05) is 159 Å². The van der Waals surface area contributed by atoms with E-state index in [1.807, 2.05) is 35.3 Å². The number of ether oxygens (including phenoxy) is 8. The molecule has 0 radical (unpaired) electrons. The second kappa shape index (κ2) is 40.3. The molecule has 24 atom stereocenters. The van der Waals surface area contributed by atoms with Crippen molar-refractivity contribution in [3.8, 4) is 0 Å². The Morgan fingerprint density at radius 1 is 0.357 bits per heavy atom. The number of carboxylic acid groups (broad SMARTS) is 5. The minimum atomic E-state index is -1.20. The fraction of sp³-hybridized carbons (Fsp3) is 0.656. The number of aliphatic carboxylic acids is 5. The van der Waals surface area contributed by atoms with E-state index in [0.717, 1.165) is 111 Å². The Balaban J connectivity index is 0.000000123.